The van der Waals surface area contributed by atoms with Gasteiger partial charge >= 0.3 is 5.97 Å². The van der Waals surface area contributed by atoms with Gasteiger partial charge in [0.05, 0.1) is 0 Å². The molecule has 32 heavy (non-hydrogen) atoms. The number of fused-ring (bicyclic) bond motifs is 1. The number of thioether (sulfide) groups is 1. The van der Waals surface area contributed by atoms with Crippen LogP contribution in [0.3, 0.4) is 0 Å². The van der Waals surface area contributed by atoms with Gasteiger partial charge in [-0.05, 0) is 11.6 Å². The van der Waals surface area contributed by atoms with Crippen molar-refractivity contribution in [3.8, 4) is 0 Å². The molecule has 2 aromatic heterocycles. The molecule has 0 aromatic carbocycles. The number of nitrogens with two attached hydrogens (primary N) is 1. The van der Waals surface area contributed by atoms with Crippen LogP contribution in [0.25, 0.3) is 6.08 Å². The number of aliphatic carboxylic acids is 1. The first-order valence-electron chi connectivity index (χ1n) is 9.02. The molecule has 0 spiro atoms. The first-order chi connectivity index (χ1) is 15.4. The van der Waals surface area contributed by atoms with Gasteiger partial charge in [0.15, 0.2) is 10.8 Å². The number of hydrogen-bond acceptors (Lipinski definition) is 11. The number of amides is 2. The summed E-state index contributed by atoms with van der Waals surface area (Å²) in [6.45, 7) is 0. The van der Waals surface area contributed by atoms with E-state index in [0.29, 0.717) is 11.3 Å². The van der Waals surface area contributed by atoms with Gasteiger partial charge < -0.3 is 21.0 Å². The van der Waals surface area contributed by atoms with Crippen LogP contribution in [0.5, 0.6) is 0 Å². The Balaban J connectivity index is 1.53. The molecule has 2 aliphatic heterocycles. The minimum atomic E-state index is -1.22. The van der Waals surface area contributed by atoms with Crippen molar-refractivity contribution in [2.45, 2.75) is 11.4 Å². The molecule has 0 radical (unpaired) electrons. The molecule has 4 N–H and O–H groups in total. The van der Waals surface area contributed by atoms with Crippen LogP contribution >= 0.6 is 34.4 Å². The fraction of sp³-hybridized carbons (Fsp3) is 0.222. The van der Waals surface area contributed by atoms with E-state index in [1.165, 1.54) is 35.1 Å². The van der Waals surface area contributed by atoms with E-state index in [9.17, 15) is 19.5 Å². The Bertz CT molecular complexity index is 1160. The number of carboxylic acids is 1. The average Bonchev–Trinajstić information content (AvgIpc) is 3.45. The van der Waals surface area contributed by atoms with Gasteiger partial charge in [-0.3, -0.25) is 14.5 Å². The SMILES string of the molecule is CO/N=C(/C(=O)NC1C(=O)N2C(C(=O)O)=C(/C=C/c3nccs3)CS[C@H]12)c1csc(N)n1. The summed E-state index contributed by atoms with van der Waals surface area (Å²) in [7, 11) is 1.28. The maximum absolute atomic E-state index is 12.8. The zero-order chi connectivity index (χ0) is 22.8. The second-order valence-electron chi connectivity index (χ2n) is 6.44. The Morgan fingerprint density at radius 1 is 1.41 bits per heavy atom. The lowest BCUT2D eigenvalue weighted by Gasteiger charge is -2.49. The summed E-state index contributed by atoms with van der Waals surface area (Å²) in [5.41, 5.74) is 6.09. The number of nitrogen functional groups attached to an aromatic ring is 1. The van der Waals surface area contributed by atoms with E-state index in [1.807, 2.05) is 5.38 Å². The van der Waals surface area contributed by atoms with Crippen LogP contribution in [0.2, 0.25) is 0 Å². The van der Waals surface area contributed by atoms with Crippen molar-refractivity contribution in [3.05, 3.63) is 45.0 Å². The minimum Gasteiger partial charge on any atom is -0.477 e. The molecule has 0 bridgehead atoms. The summed E-state index contributed by atoms with van der Waals surface area (Å²) in [5.74, 6) is -2.06. The number of thiazole rings is 2. The van der Waals surface area contributed by atoms with Crippen molar-refractivity contribution in [3.63, 3.8) is 0 Å². The quantitative estimate of drug-likeness (QED) is 0.291. The van der Waals surface area contributed by atoms with E-state index in [0.717, 1.165) is 16.3 Å². The number of aromatic nitrogens is 2. The summed E-state index contributed by atoms with van der Waals surface area (Å²) in [4.78, 5) is 51.6. The molecule has 2 aromatic rings. The monoisotopic (exact) mass is 492 g/mol. The van der Waals surface area contributed by atoms with Gasteiger partial charge in [-0.2, -0.15) is 0 Å². The molecule has 1 unspecified atom stereocenters. The zero-order valence-electron chi connectivity index (χ0n) is 16.4. The van der Waals surface area contributed by atoms with Crippen LogP contribution < -0.4 is 11.1 Å². The molecule has 4 rings (SSSR count). The topological polar surface area (TPSA) is 160 Å². The highest BCUT2D eigenvalue weighted by Gasteiger charge is 2.54. The third-order valence-corrected chi connectivity index (χ3v) is 7.24. The first-order valence-corrected chi connectivity index (χ1v) is 11.8. The number of rotatable bonds is 7. The van der Waals surface area contributed by atoms with Crippen molar-refractivity contribution in [2.75, 3.05) is 18.6 Å². The number of carboxylic acid groups (broad SMARTS) is 1. The van der Waals surface area contributed by atoms with Crippen molar-refractivity contribution in [1.29, 1.82) is 0 Å². The van der Waals surface area contributed by atoms with Crippen molar-refractivity contribution < 1.29 is 24.3 Å². The lowest BCUT2D eigenvalue weighted by Crippen LogP contribution is -2.71. The number of nitrogens with one attached hydrogen (secondary N) is 1. The molecular formula is C18H16N6O5S3. The molecule has 14 heteroatoms. The lowest BCUT2D eigenvalue weighted by molar-refractivity contribution is -0.150. The molecular weight excluding hydrogens is 476 g/mol. The van der Waals surface area contributed by atoms with Crippen molar-refractivity contribution in [2.24, 2.45) is 5.16 Å². The summed E-state index contributed by atoms with van der Waals surface area (Å²) in [5, 5.41) is 19.8. The largest absolute Gasteiger partial charge is 0.477 e. The number of hydrogen-bond donors (Lipinski definition) is 3. The van der Waals surface area contributed by atoms with E-state index in [2.05, 4.69) is 20.4 Å². The number of nitrogens with zero attached hydrogens (tertiary/aromatic N) is 4. The maximum Gasteiger partial charge on any atom is 0.352 e. The van der Waals surface area contributed by atoms with E-state index >= 15 is 0 Å². The van der Waals surface area contributed by atoms with Crippen LogP contribution in [0.15, 0.2) is 39.5 Å². The number of β-lactam (4-membered cyclic amide) rings is 1. The molecule has 166 valence electrons. The summed E-state index contributed by atoms with van der Waals surface area (Å²) in [6, 6.07) is -0.913. The molecule has 1 fully saturated rings. The van der Waals surface area contributed by atoms with Crippen LogP contribution in [-0.2, 0) is 19.2 Å². The molecule has 2 amide bonds. The lowest BCUT2D eigenvalue weighted by atomic mass is 10.0. The highest BCUT2D eigenvalue weighted by atomic mass is 32.2. The highest BCUT2D eigenvalue weighted by Crippen LogP contribution is 2.40. The second kappa shape index (κ2) is 9.10. The predicted octanol–water partition coefficient (Wildman–Crippen LogP) is 0.984. The molecule has 1 saturated heterocycles. The number of oxime groups is 1. The first kappa shape index (κ1) is 22.0. The number of carbonyl (C=O) groups is 3. The summed E-state index contributed by atoms with van der Waals surface area (Å²) in [6.07, 6.45) is 5.01. The maximum atomic E-state index is 12.8. The van der Waals surface area contributed by atoms with Gasteiger partial charge in [0.25, 0.3) is 11.8 Å². The summed E-state index contributed by atoms with van der Waals surface area (Å²) >= 11 is 3.90. The van der Waals surface area contributed by atoms with Crippen molar-refractivity contribution >= 4 is 69.1 Å². The smallest absolute Gasteiger partial charge is 0.352 e. The molecule has 11 nitrogen and oxygen atoms in total. The molecule has 4 heterocycles. The Morgan fingerprint density at radius 3 is 2.84 bits per heavy atom. The van der Waals surface area contributed by atoms with Gasteiger partial charge in [0, 0.05) is 22.7 Å². The fourth-order valence-corrected chi connectivity index (χ4v) is 5.56. The van der Waals surface area contributed by atoms with Crippen LogP contribution in [-0.4, -0.2) is 67.7 Å². The van der Waals surface area contributed by atoms with Gasteiger partial charge in [0.1, 0.15) is 34.9 Å². The zero-order valence-corrected chi connectivity index (χ0v) is 18.9. The van der Waals surface area contributed by atoms with Gasteiger partial charge in [-0.25, -0.2) is 14.8 Å². The molecule has 2 atom stereocenters. The Hall–Kier alpha value is -3.23. The predicted molar refractivity (Wildman–Crippen MR) is 121 cm³/mol. The van der Waals surface area contributed by atoms with E-state index in [4.69, 9.17) is 10.6 Å². The second-order valence-corrected chi connectivity index (χ2v) is 9.36. The van der Waals surface area contributed by atoms with Crippen LogP contribution in [0.4, 0.5) is 5.13 Å². The molecule has 0 aliphatic carbocycles. The number of allylic oxidation sites excluding steroid dienone is 1. The highest BCUT2D eigenvalue weighted by molar-refractivity contribution is 8.00. The van der Waals surface area contributed by atoms with Gasteiger partial charge in [-0.15, -0.1) is 34.4 Å². The number of carbonyl (C=O) groups excluding carboxylic acids is 2. The van der Waals surface area contributed by atoms with Gasteiger partial charge in [0.2, 0.25) is 0 Å². The fourth-order valence-electron chi connectivity index (χ4n) is 3.16. The van der Waals surface area contributed by atoms with E-state index < -0.39 is 29.2 Å². The standard InChI is InChI=1S/C18H16N6O5S3/c1-29-23-11(9-7-32-18(19)21-9)14(25)22-12-15(26)24-13(17(27)28)8(6-31-16(12)24)2-3-10-20-4-5-30-10/h2-5,7,12,16H,6H2,1H3,(H2,19,21)(H,22,25)(H,27,28)/b3-2+,23-11+/t12?,16-/m1/s1. The van der Waals surface area contributed by atoms with Gasteiger partial charge in [-0.1, -0.05) is 11.2 Å². The third kappa shape index (κ3) is 4.11. The molecule has 0 saturated carbocycles. The van der Waals surface area contributed by atoms with Crippen molar-refractivity contribution in [1.82, 2.24) is 20.2 Å². The average molecular weight is 493 g/mol. The normalized spacial score (nSPS) is 20.8. The third-order valence-electron chi connectivity index (χ3n) is 4.53. The van der Waals surface area contributed by atoms with E-state index in [1.54, 1.807) is 23.7 Å². The minimum absolute atomic E-state index is 0.102. The Morgan fingerprint density at radius 2 is 2.22 bits per heavy atom. The van der Waals surface area contributed by atoms with Crippen LogP contribution in [0, 0.1) is 0 Å². The Labute approximate surface area is 193 Å². The molecule has 2 aliphatic rings. The number of anilines is 1. The van der Waals surface area contributed by atoms with E-state index in [-0.39, 0.29) is 22.2 Å². The van der Waals surface area contributed by atoms with Crippen LogP contribution in [0.1, 0.15) is 10.7 Å². The summed E-state index contributed by atoms with van der Waals surface area (Å²) < 4.78 is 0. The Kier molecular flexibility index (Phi) is 6.25.